The molecule has 1 N–H and O–H groups in total. The summed E-state index contributed by atoms with van der Waals surface area (Å²) in [7, 11) is 0. The first-order valence-corrected chi connectivity index (χ1v) is 7.78. The first-order valence-electron chi connectivity index (χ1n) is 7.78. The molecule has 2 aromatic rings. The summed E-state index contributed by atoms with van der Waals surface area (Å²) >= 11 is 0. The SMILES string of the molecule is CCc1nc(C2CCCN2C(=O)c2cnc(C(C)C)[nH]2)no1. The first kappa shape index (κ1) is 14.7. The summed E-state index contributed by atoms with van der Waals surface area (Å²) in [5.74, 6) is 2.25. The van der Waals surface area contributed by atoms with Gasteiger partial charge in [-0.1, -0.05) is 25.9 Å². The molecule has 0 spiro atoms. The van der Waals surface area contributed by atoms with Crippen LogP contribution in [0.1, 0.15) is 73.6 Å². The third-order valence-corrected chi connectivity index (χ3v) is 3.97. The van der Waals surface area contributed by atoms with E-state index in [-0.39, 0.29) is 17.9 Å². The number of hydrogen-bond acceptors (Lipinski definition) is 5. The third-order valence-electron chi connectivity index (χ3n) is 3.97. The first-order chi connectivity index (χ1) is 10.6. The number of carbonyl (C=O) groups is 1. The van der Waals surface area contributed by atoms with Gasteiger partial charge in [-0.3, -0.25) is 4.79 Å². The Kier molecular flexibility index (Phi) is 3.96. The van der Waals surface area contributed by atoms with Crippen molar-refractivity contribution < 1.29 is 9.32 Å². The highest BCUT2D eigenvalue weighted by Crippen LogP contribution is 2.31. The van der Waals surface area contributed by atoms with Crippen LogP contribution in [0.3, 0.4) is 0 Å². The second-order valence-electron chi connectivity index (χ2n) is 5.89. The summed E-state index contributed by atoms with van der Waals surface area (Å²) < 4.78 is 5.18. The van der Waals surface area contributed by atoms with E-state index < -0.39 is 0 Å². The van der Waals surface area contributed by atoms with Crippen LogP contribution in [-0.4, -0.2) is 37.5 Å². The minimum absolute atomic E-state index is 0.0512. The molecule has 1 amide bonds. The fraction of sp³-hybridized carbons (Fsp3) is 0.600. The predicted molar refractivity (Wildman–Crippen MR) is 79.4 cm³/mol. The van der Waals surface area contributed by atoms with Crippen LogP contribution in [0.25, 0.3) is 0 Å². The predicted octanol–water partition coefficient (Wildman–Crippen LogP) is 2.46. The number of aryl methyl sites for hydroxylation is 1. The molecule has 1 saturated heterocycles. The smallest absolute Gasteiger partial charge is 0.272 e. The fourth-order valence-corrected chi connectivity index (χ4v) is 2.72. The van der Waals surface area contributed by atoms with Gasteiger partial charge in [-0.15, -0.1) is 0 Å². The summed E-state index contributed by atoms with van der Waals surface area (Å²) in [4.78, 5) is 26.3. The van der Waals surface area contributed by atoms with Crippen LogP contribution in [0.4, 0.5) is 0 Å². The van der Waals surface area contributed by atoms with Gasteiger partial charge < -0.3 is 14.4 Å². The van der Waals surface area contributed by atoms with Gasteiger partial charge in [-0.2, -0.15) is 4.98 Å². The van der Waals surface area contributed by atoms with E-state index in [0.29, 0.717) is 30.4 Å². The average Bonchev–Trinajstić information content (AvgIpc) is 3.24. The highest BCUT2D eigenvalue weighted by molar-refractivity contribution is 5.92. The van der Waals surface area contributed by atoms with Crippen molar-refractivity contribution in [3.05, 3.63) is 29.4 Å². The van der Waals surface area contributed by atoms with Crippen LogP contribution in [0.15, 0.2) is 10.7 Å². The number of nitrogens with zero attached hydrogens (tertiary/aromatic N) is 4. The van der Waals surface area contributed by atoms with E-state index in [2.05, 4.69) is 20.1 Å². The minimum Gasteiger partial charge on any atom is -0.339 e. The van der Waals surface area contributed by atoms with Gasteiger partial charge >= 0.3 is 0 Å². The second-order valence-corrected chi connectivity index (χ2v) is 5.89. The number of hydrogen-bond donors (Lipinski definition) is 1. The molecule has 7 nitrogen and oxygen atoms in total. The molecule has 1 atom stereocenters. The molecule has 22 heavy (non-hydrogen) atoms. The number of aromatic amines is 1. The van der Waals surface area contributed by atoms with Crippen molar-refractivity contribution in [2.24, 2.45) is 0 Å². The maximum Gasteiger partial charge on any atom is 0.272 e. The van der Waals surface area contributed by atoms with E-state index >= 15 is 0 Å². The summed E-state index contributed by atoms with van der Waals surface area (Å²) in [6.45, 7) is 6.75. The summed E-state index contributed by atoms with van der Waals surface area (Å²) in [6, 6.07) is -0.109. The summed E-state index contributed by atoms with van der Waals surface area (Å²) in [5.41, 5.74) is 0.523. The Labute approximate surface area is 129 Å². The Morgan fingerprint density at radius 1 is 1.55 bits per heavy atom. The van der Waals surface area contributed by atoms with Crippen molar-refractivity contribution in [1.82, 2.24) is 25.0 Å². The lowest BCUT2D eigenvalue weighted by Crippen LogP contribution is -2.31. The van der Waals surface area contributed by atoms with Crippen LogP contribution in [0.2, 0.25) is 0 Å². The van der Waals surface area contributed by atoms with Crippen LogP contribution in [-0.2, 0) is 6.42 Å². The maximum absolute atomic E-state index is 12.7. The molecule has 1 aliphatic rings. The molecule has 2 aromatic heterocycles. The highest BCUT2D eigenvalue weighted by atomic mass is 16.5. The quantitative estimate of drug-likeness (QED) is 0.937. The van der Waals surface area contributed by atoms with Crippen LogP contribution < -0.4 is 0 Å². The monoisotopic (exact) mass is 303 g/mol. The van der Waals surface area contributed by atoms with Gasteiger partial charge in [-0.05, 0) is 12.8 Å². The Morgan fingerprint density at radius 2 is 2.36 bits per heavy atom. The molecular weight excluding hydrogens is 282 g/mol. The number of aromatic nitrogens is 4. The van der Waals surface area contributed by atoms with Crippen LogP contribution >= 0.6 is 0 Å². The average molecular weight is 303 g/mol. The Bertz CT molecular complexity index is 660. The van der Waals surface area contributed by atoms with Gasteiger partial charge in [-0.25, -0.2) is 4.98 Å². The van der Waals surface area contributed by atoms with Crippen LogP contribution in [0, 0.1) is 0 Å². The second kappa shape index (κ2) is 5.90. The van der Waals surface area contributed by atoms with E-state index in [1.54, 1.807) is 6.20 Å². The van der Waals surface area contributed by atoms with Gasteiger partial charge in [0, 0.05) is 18.9 Å². The Hall–Kier alpha value is -2.18. The third kappa shape index (κ3) is 2.63. The standard InChI is InChI=1S/C15H21N5O2/c1-4-12-18-14(19-22-12)11-6-5-7-20(11)15(21)10-8-16-13(17-10)9(2)3/h8-9,11H,4-7H2,1-3H3,(H,16,17). The lowest BCUT2D eigenvalue weighted by atomic mass is 10.2. The van der Waals surface area contributed by atoms with Crippen molar-refractivity contribution in [1.29, 1.82) is 0 Å². The van der Waals surface area contributed by atoms with Gasteiger partial charge in [0.25, 0.3) is 5.91 Å². The number of H-pyrrole nitrogens is 1. The molecule has 1 fully saturated rings. The molecule has 3 heterocycles. The van der Waals surface area contributed by atoms with Crippen molar-refractivity contribution in [2.75, 3.05) is 6.54 Å². The normalized spacial score (nSPS) is 18.4. The molecule has 0 aliphatic carbocycles. The molecule has 0 aromatic carbocycles. The fourth-order valence-electron chi connectivity index (χ4n) is 2.72. The van der Waals surface area contributed by atoms with E-state index in [4.69, 9.17) is 4.52 Å². The maximum atomic E-state index is 12.7. The zero-order valence-electron chi connectivity index (χ0n) is 13.2. The van der Waals surface area contributed by atoms with E-state index in [1.165, 1.54) is 0 Å². The van der Waals surface area contributed by atoms with Crippen molar-refractivity contribution in [2.45, 2.75) is 52.0 Å². The zero-order chi connectivity index (χ0) is 15.7. The Morgan fingerprint density at radius 3 is 3.00 bits per heavy atom. The number of rotatable bonds is 4. The van der Waals surface area contributed by atoms with E-state index in [0.717, 1.165) is 18.7 Å². The van der Waals surface area contributed by atoms with Crippen molar-refractivity contribution in [3.63, 3.8) is 0 Å². The topological polar surface area (TPSA) is 87.9 Å². The van der Waals surface area contributed by atoms with Gasteiger partial charge in [0.15, 0.2) is 5.82 Å². The van der Waals surface area contributed by atoms with E-state index in [9.17, 15) is 4.79 Å². The number of amides is 1. The number of likely N-dealkylation sites (tertiary alicyclic amines) is 1. The van der Waals surface area contributed by atoms with Crippen molar-refractivity contribution in [3.8, 4) is 0 Å². The van der Waals surface area contributed by atoms with E-state index in [1.807, 2.05) is 25.7 Å². The number of nitrogens with one attached hydrogen (secondary N) is 1. The summed E-state index contributed by atoms with van der Waals surface area (Å²) in [6.07, 6.45) is 4.11. The number of carbonyl (C=O) groups excluding carboxylic acids is 1. The molecule has 3 rings (SSSR count). The van der Waals surface area contributed by atoms with Crippen molar-refractivity contribution >= 4 is 5.91 Å². The summed E-state index contributed by atoms with van der Waals surface area (Å²) in [5, 5.41) is 4.02. The number of imidazole rings is 1. The molecule has 7 heteroatoms. The van der Waals surface area contributed by atoms with Crippen LogP contribution in [0.5, 0.6) is 0 Å². The molecule has 0 radical (unpaired) electrons. The minimum atomic E-state index is -0.109. The highest BCUT2D eigenvalue weighted by Gasteiger charge is 2.34. The molecule has 0 saturated carbocycles. The van der Waals surface area contributed by atoms with Gasteiger partial charge in [0.1, 0.15) is 11.5 Å². The lowest BCUT2D eigenvalue weighted by Gasteiger charge is -2.21. The van der Waals surface area contributed by atoms with Gasteiger partial charge in [0.05, 0.1) is 12.2 Å². The molecule has 1 aliphatic heterocycles. The zero-order valence-corrected chi connectivity index (χ0v) is 13.2. The van der Waals surface area contributed by atoms with Gasteiger partial charge in [0.2, 0.25) is 5.89 Å². The molecule has 118 valence electrons. The molecular formula is C15H21N5O2. The largest absolute Gasteiger partial charge is 0.339 e. The molecule has 0 bridgehead atoms. The lowest BCUT2D eigenvalue weighted by molar-refractivity contribution is 0.0722. The Balaban J connectivity index is 1.81. The molecule has 1 unspecified atom stereocenters.